The number of nitriles is 1. The fourth-order valence-corrected chi connectivity index (χ4v) is 3.29. The Morgan fingerprint density at radius 3 is 2.85 bits per heavy atom. The van der Waals surface area contributed by atoms with Gasteiger partial charge in [-0.05, 0) is 36.4 Å². The molecule has 0 spiro atoms. The molecule has 136 valence electrons. The molecule has 2 aromatic carbocycles. The van der Waals surface area contributed by atoms with Crippen LogP contribution in [-0.4, -0.2) is 23.8 Å². The number of amides is 1. The molecule has 1 heterocycles. The molecular formula is C19H13ClFN3O2S. The number of thioether (sulfide) groups is 1. The highest BCUT2D eigenvalue weighted by molar-refractivity contribution is 8.00. The number of fused-ring (bicyclic) bond motifs is 1. The normalized spacial score (nSPS) is 10.4. The summed E-state index contributed by atoms with van der Waals surface area (Å²) in [4.78, 5) is 16.6. The van der Waals surface area contributed by atoms with E-state index in [0.717, 1.165) is 17.1 Å². The number of hydrogen-bond donors (Lipinski definition) is 1. The van der Waals surface area contributed by atoms with Gasteiger partial charge in [0.2, 0.25) is 5.91 Å². The zero-order valence-corrected chi connectivity index (χ0v) is 15.7. The second-order valence-electron chi connectivity index (χ2n) is 5.48. The Labute approximate surface area is 164 Å². The van der Waals surface area contributed by atoms with Crippen molar-refractivity contribution in [3.05, 3.63) is 58.9 Å². The molecule has 5 nitrogen and oxygen atoms in total. The number of carbonyl (C=O) groups is 1. The van der Waals surface area contributed by atoms with E-state index in [0.29, 0.717) is 27.5 Å². The summed E-state index contributed by atoms with van der Waals surface area (Å²) in [5.41, 5.74) is 1.44. The number of hydrogen-bond acceptors (Lipinski definition) is 5. The Morgan fingerprint density at radius 1 is 1.33 bits per heavy atom. The van der Waals surface area contributed by atoms with E-state index in [-0.39, 0.29) is 16.7 Å². The molecule has 0 atom stereocenters. The van der Waals surface area contributed by atoms with Crippen molar-refractivity contribution in [2.75, 3.05) is 18.2 Å². The third kappa shape index (κ3) is 4.48. The van der Waals surface area contributed by atoms with Crippen LogP contribution in [0.5, 0.6) is 5.75 Å². The van der Waals surface area contributed by atoms with Crippen LogP contribution < -0.4 is 10.1 Å². The molecule has 8 heteroatoms. The van der Waals surface area contributed by atoms with Crippen molar-refractivity contribution >= 4 is 45.9 Å². The van der Waals surface area contributed by atoms with Crippen LogP contribution in [0.2, 0.25) is 5.02 Å². The topological polar surface area (TPSA) is 75.0 Å². The van der Waals surface area contributed by atoms with Gasteiger partial charge >= 0.3 is 0 Å². The molecule has 0 aliphatic rings. The highest BCUT2D eigenvalue weighted by atomic mass is 35.5. The van der Waals surface area contributed by atoms with Gasteiger partial charge in [0.05, 0.1) is 29.0 Å². The quantitative estimate of drug-likeness (QED) is 0.630. The van der Waals surface area contributed by atoms with Crippen molar-refractivity contribution < 1.29 is 13.9 Å². The maximum Gasteiger partial charge on any atom is 0.234 e. The molecule has 1 N–H and O–H groups in total. The number of aromatic nitrogens is 1. The molecule has 0 aliphatic carbocycles. The molecule has 0 fully saturated rings. The first kappa shape index (κ1) is 19.0. The molecular weight excluding hydrogens is 389 g/mol. The molecule has 3 aromatic rings. The minimum absolute atomic E-state index is 0.0339. The van der Waals surface area contributed by atoms with E-state index in [1.807, 2.05) is 6.07 Å². The Kier molecular flexibility index (Phi) is 5.79. The van der Waals surface area contributed by atoms with Gasteiger partial charge in [-0.25, -0.2) is 9.37 Å². The maximum absolute atomic E-state index is 13.2. The van der Waals surface area contributed by atoms with Crippen molar-refractivity contribution in [3.63, 3.8) is 0 Å². The molecule has 27 heavy (non-hydrogen) atoms. The molecule has 0 saturated heterocycles. The monoisotopic (exact) mass is 401 g/mol. The number of pyridine rings is 1. The summed E-state index contributed by atoms with van der Waals surface area (Å²) in [5, 5.41) is 13.2. The van der Waals surface area contributed by atoms with Crippen LogP contribution in [-0.2, 0) is 4.79 Å². The second-order valence-corrected chi connectivity index (χ2v) is 6.85. The standard InChI is InChI=1S/C19H13ClFN3O2S/c1-26-14-4-2-11-6-12(9-22)19(24-17(11)8-14)27-10-18(25)23-13-3-5-16(21)15(20)7-13/h2-8H,10H2,1H3,(H,23,25). The van der Waals surface area contributed by atoms with Crippen LogP contribution >= 0.6 is 23.4 Å². The van der Waals surface area contributed by atoms with Gasteiger partial charge in [-0.2, -0.15) is 5.26 Å². The lowest BCUT2D eigenvalue weighted by molar-refractivity contribution is -0.113. The van der Waals surface area contributed by atoms with Crippen LogP contribution in [0.1, 0.15) is 5.56 Å². The molecule has 0 radical (unpaired) electrons. The van der Waals surface area contributed by atoms with Crippen LogP contribution in [0, 0.1) is 17.1 Å². The van der Waals surface area contributed by atoms with E-state index in [1.54, 1.807) is 25.3 Å². The smallest absolute Gasteiger partial charge is 0.234 e. The van der Waals surface area contributed by atoms with Gasteiger partial charge < -0.3 is 10.1 Å². The van der Waals surface area contributed by atoms with Crippen LogP contribution in [0.4, 0.5) is 10.1 Å². The maximum atomic E-state index is 13.2. The van der Waals surface area contributed by atoms with Crippen molar-refractivity contribution in [1.82, 2.24) is 4.98 Å². The molecule has 1 aromatic heterocycles. The first-order valence-corrected chi connectivity index (χ1v) is 9.13. The van der Waals surface area contributed by atoms with E-state index in [2.05, 4.69) is 16.4 Å². The average Bonchev–Trinajstić information content (AvgIpc) is 2.68. The van der Waals surface area contributed by atoms with Crippen molar-refractivity contribution in [3.8, 4) is 11.8 Å². The largest absolute Gasteiger partial charge is 0.497 e. The Hall–Kier alpha value is -2.82. The summed E-state index contributed by atoms with van der Waals surface area (Å²) in [6.07, 6.45) is 0. The average molecular weight is 402 g/mol. The molecule has 0 bridgehead atoms. The second kappa shape index (κ2) is 8.25. The lowest BCUT2D eigenvalue weighted by Crippen LogP contribution is -2.14. The van der Waals surface area contributed by atoms with Crippen molar-refractivity contribution in [2.45, 2.75) is 5.03 Å². The summed E-state index contributed by atoms with van der Waals surface area (Å²) in [6, 6.07) is 13.1. The fraction of sp³-hybridized carbons (Fsp3) is 0.105. The lowest BCUT2D eigenvalue weighted by atomic mass is 10.1. The number of anilines is 1. The van der Waals surface area contributed by atoms with Crippen LogP contribution in [0.3, 0.4) is 0 Å². The third-order valence-corrected chi connectivity index (χ3v) is 4.93. The number of rotatable bonds is 5. The number of nitrogens with zero attached hydrogens (tertiary/aromatic N) is 2. The highest BCUT2D eigenvalue weighted by Gasteiger charge is 2.12. The summed E-state index contributed by atoms with van der Waals surface area (Å²) in [7, 11) is 1.56. The SMILES string of the molecule is COc1ccc2cc(C#N)c(SCC(=O)Nc3ccc(F)c(Cl)c3)nc2c1. The predicted octanol–water partition coefficient (Wildman–Crippen LogP) is 4.64. The third-order valence-electron chi connectivity index (χ3n) is 3.65. The summed E-state index contributed by atoms with van der Waals surface area (Å²) < 4.78 is 18.4. The molecule has 0 unspecified atom stereocenters. The van der Waals surface area contributed by atoms with E-state index in [9.17, 15) is 14.4 Å². The minimum atomic E-state index is -0.557. The number of ether oxygens (including phenoxy) is 1. The molecule has 1 amide bonds. The van der Waals surface area contributed by atoms with Gasteiger partial charge in [-0.1, -0.05) is 23.4 Å². The van der Waals surface area contributed by atoms with Gasteiger partial charge in [0.25, 0.3) is 0 Å². The van der Waals surface area contributed by atoms with Gasteiger partial charge in [0, 0.05) is 17.1 Å². The summed E-state index contributed by atoms with van der Waals surface area (Å²) in [6.45, 7) is 0. The zero-order valence-electron chi connectivity index (χ0n) is 14.1. The van der Waals surface area contributed by atoms with E-state index >= 15 is 0 Å². The van der Waals surface area contributed by atoms with E-state index in [1.165, 1.54) is 18.2 Å². The van der Waals surface area contributed by atoms with Gasteiger partial charge in [-0.15, -0.1) is 0 Å². The number of nitrogens with one attached hydrogen (secondary N) is 1. The van der Waals surface area contributed by atoms with E-state index < -0.39 is 5.82 Å². The molecule has 0 aliphatic heterocycles. The van der Waals surface area contributed by atoms with Crippen LogP contribution in [0.25, 0.3) is 10.9 Å². The Morgan fingerprint density at radius 2 is 2.15 bits per heavy atom. The van der Waals surface area contributed by atoms with Gasteiger partial charge in [-0.3, -0.25) is 4.79 Å². The summed E-state index contributed by atoms with van der Waals surface area (Å²) >= 11 is 6.84. The van der Waals surface area contributed by atoms with Gasteiger partial charge in [0.15, 0.2) is 0 Å². The minimum Gasteiger partial charge on any atom is -0.497 e. The Bertz CT molecular complexity index is 1070. The highest BCUT2D eigenvalue weighted by Crippen LogP contribution is 2.27. The van der Waals surface area contributed by atoms with Crippen molar-refractivity contribution in [2.24, 2.45) is 0 Å². The van der Waals surface area contributed by atoms with E-state index in [4.69, 9.17) is 16.3 Å². The predicted molar refractivity (Wildman–Crippen MR) is 104 cm³/mol. The number of carbonyl (C=O) groups excluding carboxylic acids is 1. The molecule has 3 rings (SSSR count). The molecule has 0 saturated carbocycles. The lowest BCUT2D eigenvalue weighted by Gasteiger charge is -2.08. The number of methoxy groups -OCH3 is 1. The zero-order chi connectivity index (χ0) is 19.4. The number of benzene rings is 2. The first-order chi connectivity index (χ1) is 13.0. The Balaban J connectivity index is 1.75. The van der Waals surface area contributed by atoms with Crippen LogP contribution in [0.15, 0.2) is 47.5 Å². The van der Waals surface area contributed by atoms with Gasteiger partial charge in [0.1, 0.15) is 22.7 Å². The fourth-order valence-electron chi connectivity index (χ4n) is 2.35. The summed E-state index contributed by atoms with van der Waals surface area (Å²) in [5.74, 6) is -0.189. The number of halogens is 2. The van der Waals surface area contributed by atoms with Crippen molar-refractivity contribution in [1.29, 1.82) is 5.26 Å². The first-order valence-electron chi connectivity index (χ1n) is 7.77.